The van der Waals surface area contributed by atoms with Gasteiger partial charge in [0, 0.05) is 5.92 Å². The van der Waals surface area contributed by atoms with Crippen molar-refractivity contribution >= 4 is 17.2 Å². The van der Waals surface area contributed by atoms with Crippen molar-refractivity contribution in [1.29, 1.82) is 0 Å². The average Bonchev–Trinajstić information content (AvgIpc) is 3.44. The van der Waals surface area contributed by atoms with Crippen LogP contribution in [0.25, 0.3) is 17.2 Å². The molecule has 1 atom stereocenters. The van der Waals surface area contributed by atoms with Gasteiger partial charge in [0.15, 0.2) is 0 Å². The van der Waals surface area contributed by atoms with Crippen LogP contribution < -0.4 is 0 Å². The van der Waals surface area contributed by atoms with Gasteiger partial charge in [0.1, 0.15) is 0 Å². The highest BCUT2D eigenvalue weighted by Crippen LogP contribution is 2.49. The van der Waals surface area contributed by atoms with Gasteiger partial charge in [0.2, 0.25) is 0 Å². The summed E-state index contributed by atoms with van der Waals surface area (Å²) in [4.78, 5) is 0. The smallest absolute Gasteiger partial charge is 0.0316 e. The molecule has 0 saturated heterocycles. The van der Waals surface area contributed by atoms with Crippen LogP contribution in [-0.4, -0.2) is 0 Å². The second-order valence-corrected chi connectivity index (χ2v) is 9.50. The lowest BCUT2D eigenvalue weighted by atomic mass is 9.79. The van der Waals surface area contributed by atoms with Crippen molar-refractivity contribution in [1.82, 2.24) is 0 Å². The van der Waals surface area contributed by atoms with Gasteiger partial charge in [-0.25, -0.2) is 0 Å². The number of allylic oxidation sites excluding steroid dienone is 2. The SMILES string of the molecule is CC(C)C1=Cc2ccccc2C1c1ccccc1C1=C(c2ccccc2)c2ccccc2C1. The summed E-state index contributed by atoms with van der Waals surface area (Å²) in [5.41, 5.74) is 14.1. The van der Waals surface area contributed by atoms with Gasteiger partial charge in [-0.1, -0.05) is 129 Å². The van der Waals surface area contributed by atoms with E-state index in [1.165, 1.54) is 55.7 Å². The summed E-state index contributed by atoms with van der Waals surface area (Å²) in [5, 5.41) is 0. The van der Waals surface area contributed by atoms with Gasteiger partial charge in [0.25, 0.3) is 0 Å². The number of rotatable bonds is 4. The Labute approximate surface area is 196 Å². The molecule has 4 aromatic carbocycles. The first-order valence-corrected chi connectivity index (χ1v) is 12.0. The van der Waals surface area contributed by atoms with E-state index in [2.05, 4.69) is 123 Å². The summed E-state index contributed by atoms with van der Waals surface area (Å²) in [5.74, 6) is 0.810. The standard InChI is InChI=1S/C33H28/c1-22(2)30-20-24-14-7-9-17-27(24)33(30)29-19-11-10-18-28(29)31-21-25-15-6-8-16-26(25)32(31)23-12-4-3-5-13-23/h3-20,22,33H,21H2,1-2H3. The molecule has 0 saturated carbocycles. The normalized spacial score (nSPS) is 16.7. The summed E-state index contributed by atoms with van der Waals surface area (Å²) in [6, 6.07) is 37.9. The second-order valence-electron chi connectivity index (χ2n) is 9.50. The van der Waals surface area contributed by atoms with E-state index in [1.54, 1.807) is 0 Å². The molecule has 0 aliphatic heterocycles. The van der Waals surface area contributed by atoms with Gasteiger partial charge in [-0.3, -0.25) is 0 Å². The van der Waals surface area contributed by atoms with Crippen molar-refractivity contribution in [2.75, 3.05) is 0 Å². The third-order valence-electron chi connectivity index (χ3n) is 7.24. The molecular weight excluding hydrogens is 396 g/mol. The van der Waals surface area contributed by atoms with Crippen LogP contribution in [0.1, 0.15) is 58.7 Å². The van der Waals surface area contributed by atoms with Crippen molar-refractivity contribution in [2.24, 2.45) is 5.92 Å². The molecule has 0 amide bonds. The summed E-state index contributed by atoms with van der Waals surface area (Å²) in [6.07, 6.45) is 3.41. The molecule has 0 aromatic heterocycles. The lowest BCUT2D eigenvalue weighted by Gasteiger charge is -2.24. The van der Waals surface area contributed by atoms with E-state index < -0.39 is 0 Å². The fourth-order valence-corrected chi connectivity index (χ4v) is 5.74. The predicted molar refractivity (Wildman–Crippen MR) is 140 cm³/mol. The van der Waals surface area contributed by atoms with Crippen LogP contribution >= 0.6 is 0 Å². The minimum absolute atomic E-state index is 0.311. The van der Waals surface area contributed by atoms with Gasteiger partial charge in [-0.05, 0) is 62.4 Å². The average molecular weight is 425 g/mol. The lowest BCUT2D eigenvalue weighted by molar-refractivity contribution is 0.715. The van der Waals surface area contributed by atoms with Crippen LogP contribution in [-0.2, 0) is 6.42 Å². The van der Waals surface area contributed by atoms with E-state index >= 15 is 0 Å². The lowest BCUT2D eigenvalue weighted by Crippen LogP contribution is -2.09. The molecule has 0 spiro atoms. The maximum Gasteiger partial charge on any atom is 0.0316 e. The molecule has 2 aliphatic rings. The van der Waals surface area contributed by atoms with Crippen LogP contribution in [0.3, 0.4) is 0 Å². The molecule has 4 aromatic rings. The molecular formula is C33H28. The first-order valence-electron chi connectivity index (χ1n) is 12.0. The predicted octanol–water partition coefficient (Wildman–Crippen LogP) is 8.39. The van der Waals surface area contributed by atoms with E-state index in [9.17, 15) is 0 Å². The summed E-state index contributed by atoms with van der Waals surface area (Å²) in [6.45, 7) is 4.65. The number of benzene rings is 4. The Hall–Kier alpha value is -3.64. The van der Waals surface area contributed by atoms with Crippen molar-refractivity contribution in [2.45, 2.75) is 26.2 Å². The van der Waals surface area contributed by atoms with Crippen LogP contribution in [0.15, 0.2) is 109 Å². The largest absolute Gasteiger partial charge is 0.0622 e. The first-order chi connectivity index (χ1) is 16.2. The fraction of sp³-hybridized carbons (Fsp3) is 0.152. The number of fused-ring (bicyclic) bond motifs is 2. The number of hydrogen-bond donors (Lipinski definition) is 0. The molecule has 160 valence electrons. The molecule has 0 radical (unpaired) electrons. The zero-order chi connectivity index (χ0) is 22.4. The van der Waals surface area contributed by atoms with Gasteiger partial charge in [-0.15, -0.1) is 0 Å². The quantitative estimate of drug-likeness (QED) is 0.308. The van der Waals surface area contributed by atoms with Gasteiger partial charge in [-0.2, -0.15) is 0 Å². The molecule has 0 heteroatoms. The minimum atomic E-state index is 0.311. The zero-order valence-electron chi connectivity index (χ0n) is 19.3. The van der Waals surface area contributed by atoms with E-state index in [1.807, 2.05) is 0 Å². The van der Waals surface area contributed by atoms with Crippen molar-refractivity contribution in [3.05, 3.63) is 148 Å². The molecule has 0 heterocycles. The molecule has 6 rings (SSSR count). The molecule has 2 aliphatic carbocycles. The summed E-state index contributed by atoms with van der Waals surface area (Å²) >= 11 is 0. The van der Waals surface area contributed by atoms with Crippen molar-refractivity contribution in [3.63, 3.8) is 0 Å². The highest BCUT2D eigenvalue weighted by atomic mass is 14.4. The Balaban J connectivity index is 1.59. The van der Waals surface area contributed by atoms with Crippen molar-refractivity contribution < 1.29 is 0 Å². The van der Waals surface area contributed by atoms with E-state index in [0.717, 1.165) is 6.42 Å². The first kappa shape index (κ1) is 20.0. The highest BCUT2D eigenvalue weighted by Gasteiger charge is 2.32. The maximum absolute atomic E-state index is 2.43. The van der Waals surface area contributed by atoms with Crippen LogP contribution in [0.2, 0.25) is 0 Å². The van der Waals surface area contributed by atoms with Crippen LogP contribution in [0.4, 0.5) is 0 Å². The van der Waals surface area contributed by atoms with Crippen LogP contribution in [0, 0.1) is 5.92 Å². The second kappa shape index (κ2) is 8.05. The van der Waals surface area contributed by atoms with Crippen LogP contribution in [0.5, 0.6) is 0 Å². The van der Waals surface area contributed by atoms with E-state index in [0.29, 0.717) is 11.8 Å². The Morgan fingerprint density at radius 1 is 0.636 bits per heavy atom. The Morgan fingerprint density at radius 3 is 2.06 bits per heavy atom. The number of hydrogen-bond acceptors (Lipinski definition) is 0. The molecule has 0 bridgehead atoms. The van der Waals surface area contributed by atoms with Gasteiger partial charge >= 0.3 is 0 Å². The highest BCUT2D eigenvalue weighted by molar-refractivity contribution is 6.04. The molecule has 0 fully saturated rings. The minimum Gasteiger partial charge on any atom is -0.0622 e. The van der Waals surface area contributed by atoms with Gasteiger partial charge in [0.05, 0.1) is 0 Å². The zero-order valence-corrected chi connectivity index (χ0v) is 19.3. The van der Waals surface area contributed by atoms with Crippen molar-refractivity contribution in [3.8, 4) is 0 Å². The van der Waals surface area contributed by atoms with Gasteiger partial charge < -0.3 is 0 Å². The molecule has 1 unspecified atom stereocenters. The summed E-state index contributed by atoms with van der Waals surface area (Å²) in [7, 11) is 0. The Morgan fingerprint density at radius 2 is 1.27 bits per heavy atom. The monoisotopic (exact) mass is 424 g/mol. The van der Waals surface area contributed by atoms with E-state index in [-0.39, 0.29) is 0 Å². The topological polar surface area (TPSA) is 0 Å². The van der Waals surface area contributed by atoms with E-state index in [4.69, 9.17) is 0 Å². The third kappa shape index (κ3) is 3.29. The third-order valence-corrected chi connectivity index (χ3v) is 7.24. The molecule has 0 N–H and O–H groups in total. The molecule has 0 nitrogen and oxygen atoms in total. The summed E-state index contributed by atoms with van der Waals surface area (Å²) < 4.78 is 0. The fourth-order valence-electron chi connectivity index (χ4n) is 5.74. The molecule has 33 heavy (non-hydrogen) atoms. The maximum atomic E-state index is 2.43. The Kier molecular flexibility index (Phi) is 4.88. The Bertz CT molecular complexity index is 1400.